The van der Waals surface area contributed by atoms with Gasteiger partial charge < -0.3 is 5.32 Å². The smallest absolute Gasteiger partial charge is 0.227 e. The summed E-state index contributed by atoms with van der Waals surface area (Å²) in [7, 11) is 0. The number of hydrogen-bond donors (Lipinski definition) is 1. The lowest BCUT2D eigenvalue weighted by Crippen LogP contribution is -2.20. The summed E-state index contributed by atoms with van der Waals surface area (Å²) in [6.07, 6.45) is 1.96. The predicted molar refractivity (Wildman–Crippen MR) is 66.8 cm³/mol. The highest BCUT2D eigenvalue weighted by Crippen LogP contribution is 2.22. The second-order valence-corrected chi connectivity index (χ2v) is 4.51. The lowest BCUT2D eigenvalue weighted by Gasteiger charge is -2.11. The molecular weight excluding hydrogens is 254 g/mol. The minimum absolute atomic E-state index is 0.0714. The summed E-state index contributed by atoms with van der Waals surface area (Å²) in [6, 6.07) is 7.64. The molecule has 0 aliphatic heterocycles. The molecule has 1 unspecified atom stereocenters. The molecule has 0 aliphatic carbocycles. The Kier molecular flexibility index (Phi) is 4.82. The molecule has 0 spiro atoms. The zero-order valence-corrected chi connectivity index (χ0v) is 10.7. The molecule has 1 atom stereocenters. The standard InChI is InChI=1S/C12H16BrNO/c1-3-6-9(2)12(15)14-11-8-5-4-7-10(11)13/h4-5,7-9H,3,6H2,1-2H3,(H,14,15). The number of hydrogen-bond acceptors (Lipinski definition) is 1. The fourth-order valence-corrected chi connectivity index (χ4v) is 1.77. The maximum absolute atomic E-state index is 11.7. The number of anilines is 1. The summed E-state index contributed by atoms with van der Waals surface area (Å²) in [5, 5.41) is 2.91. The molecule has 0 saturated heterocycles. The number of rotatable bonds is 4. The monoisotopic (exact) mass is 269 g/mol. The van der Waals surface area contributed by atoms with Gasteiger partial charge >= 0.3 is 0 Å². The lowest BCUT2D eigenvalue weighted by molar-refractivity contribution is -0.119. The van der Waals surface area contributed by atoms with Crippen molar-refractivity contribution in [1.82, 2.24) is 0 Å². The van der Waals surface area contributed by atoms with Crippen molar-refractivity contribution in [2.24, 2.45) is 5.92 Å². The Morgan fingerprint density at radius 3 is 2.73 bits per heavy atom. The number of halogens is 1. The summed E-state index contributed by atoms with van der Waals surface area (Å²) in [5.74, 6) is 0.158. The van der Waals surface area contributed by atoms with E-state index in [2.05, 4.69) is 28.2 Å². The van der Waals surface area contributed by atoms with Crippen LogP contribution in [0.25, 0.3) is 0 Å². The summed E-state index contributed by atoms with van der Waals surface area (Å²) >= 11 is 3.40. The van der Waals surface area contributed by atoms with Crippen LogP contribution in [0.3, 0.4) is 0 Å². The summed E-state index contributed by atoms with van der Waals surface area (Å²) in [4.78, 5) is 11.7. The third-order valence-electron chi connectivity index (χ3n) is 2.30. The van der Waals surface area contributed by atoms with Crippen LogP contribution in [0, 0.1) is 5.92 Å². The fraction of sp³-hybridized carbons (Fsp3) is 0.417. The van der Waals surface area contributed by atoms with Crippen LogP contribution < -0.4 is 5.32 Å². The van der Waals surface area contributed by atoms with E-state index in [0.29, 0.717) is 0 Å². The summed E-state index contributed by atoms with van der Waals surface area (Å²) in [5.41, 5.74) is 0.838. The Balaban J connectivity index is 2.62. The first-order chi connectivity index (χ1) is 7.15. The molecular formula is C12H16BrNO. The zero-order chi connectivity index (χ0) is 11.3. The maximum Gasteiger partial charge on any atom is 0.227 e. The van der Waals surface area contributed by atoms with Crippen molar-refractivity contribution in [1.29, 1.82) is 0 Å². The van der Waals surface area contributed by atoms with Crippen LogP contribution in [-0.4, -0.2) is 5.91 Å². The first kappa shape index (κ1) is 12.2. The number of amides is 1. The average molecular weight is 270 g/mol. The van der Waals surface area contributed by atoms with Gasteiger partial charge in [-0.25, -0.2) is 0 Å². The SMILES string of the molecule is CCCC(C)C(=O)Nc1ccccc1Br. The Hall–Kier alpha value is -0.830. The molecule has 0 aromatic heterocycles. The van der Waals surface area contributed by atoms with E-state index in [4.69, 9.17) is 0 Å². The van der Waals surface area contributed by atoms with Gasteiger partial charge in [-0.1, -0.05) is 32.4 Å². The highest BCUT2D eigenvalue weighted by Gasteiger charge is 2.12. The normalized spacial score (nSPS) is 12.2. The Labute approximate surface area is 99.2 Å². The van der Waals surface area contributed by atoms with Gasteiger partial charge in [-0.15, -0.1) is 0 Å². The average Bonchev–Trinajstić information content (AvgIpc) is 2.21. The predicted octanol–water partition coefficient (Wildman–Crippen LogP) is 3.82. The molecule has 15 heavy (non-hydrogen) atoms. The van der Waals surface area contributed by atoms with Crippen molar-refractivity contribution < 1.29 is 4.79 Å². The minimum atomic E-state index is 0.0714. The second kappa shape index (κ2) is 5.91. The topological polar surface area (TPSA) is 29.1 Å². The van der Waals surface area contributed by atoms with Gasteiger partial charge in [-0.05, 0) is 34.5 Å². The first-order valence-corrected chi connectivity index (χ1v) is 5.99. The maximum atomic E-state index is 11.7. The number of carbonyl (C=O) groups excluding carboxylic acids is 1. The van der Waals surface area contributed by atoms with E-state index < -0.39 is 0 Å². The molecule has 1 amide bonds. The van der Waals surface area contributed by atoms with Crippen molar-refractivity contribution in [3.63, 3.8) is 0 Å². The van der Waals surface area contributed by atoms with Gasteiger partial charge in [-0.3, -0.25) is 4.79 Å². The second-order valence-electron chi connectivity index (χ2n) is 3.66. The quantitative estimate of drug-likeness (QED) is 0.885. The van der Waals surface area contributed by atoms with Gasteiger partial charge in [0.25, 0.3) is 0 Å². The van der Waals surface area contributed by atoms with E-state index in [1.165, 1.54) is 0 Å². The van der Waals surface area contributed by atoms with Crippen LogP contribution in [0.5, 0.6) is 0 Å². The summed E-state index contributed by atoms with van der Waals surface area (Å²) in [6.45, 7) is 4.04. The largest absolute Gasteiger partial charge is 0.325 e. The van der Waals surface area contributed by atoms with Gasteiger partial charge in [0.2, 0.25) is 5.91 Å². The Morgan fingerprint density at radius 1 is 1.47 bits per heavy atom. The van der Waals surface area contributed by atoms with E-state index in [9.17, 15) is 4.79 Å². The van der Waals surface area contributed by atoms with Gasteiger partial charge in [0.1, 0.15) is 0 Å². The number of benzene rings is 1. The molecule has 0 fully saturated rings. The van der Waals surface area contributed by atoms with Crippen molar-refractivity contribution >= 4 is 27.5 Å². The van der Waals surface area contributed by atoms with Crippen LogP contribution >= 0.6 is 15.9 Å². The third-order valence-corrected chi connectivity index (χ3v) is 2.99. The zero-order valence-electron chi connectivity index (χ0n) is 9.09. The van der Waals surface area contributed by atoms with E-state index in [1.807, 2.05) is 31.2 Å². The fourth-order valence-electron chi connectivity index (χ4n) is 1.38. The molecule has 1 aromatic carbocycles. The van der Waals surface area contributed by atoms with E-state index in [0.717, 1.165) is 23.0 Å². The van der Waals surface area contributed by atoms with E-state index >= 15 is 0 Å². The molecule has 82 valence electrons. The molecule has 0 radical (unpaired) electrons. The van der Waals surface area contributed by atoms with Crippen molar-refractivity contribution in [3.05, 3.63) is 28.7 Å². The molecule has 1 aromatic rings. The third kappa shape index (κ3) is 3.67. The molecule has 0 aliphatic rings. The van der Waals surface area contributed by atoms with Crippen molar-refractivity contribution in [3.8, 4) is 0 Å². The Bertz CT molecular complexity index is 338. The minimum Gasteiger partial charge on any atom is -0.325 e. The lowest BCUT2D eigenvalue weighted by atomic mass is 10.1. The van der Waals surface area contributed by atoms with Gasteiger partial charge in [0.15, 0.2) is 0 Å². The summed E-state index contributed by atoms with van der Waals surface area (Å²) < 4.78 is 0.919. The highest BCUT2D eigenvalue weighted by atomic mass is 79.9. The highest BCUT2D eigenvalue weighted by molar-refractivity contribution is 9.10. The van der Waals surface area contributed by atoms with Crippen LogP contribution in [0.4, 0.5) is 5.69 Å². The number of para-hydroxylation sites is 1. The Morgan fingerprint density at radius 2 is 2.13 bits per heavy atom. The molecule has 1 N–H and O–H groups in total. The van der Waals surface area contributed by atoms with Gasteiger partial charge in [0, 0.05) is 10.4 Å². The van der Waals surface area contributed by atoms with Crippen LogP contribution in [0.1, 0.15) is 26.7 Å². The van der Waals surface area contributed by atoms with Crippen molar-refractivity contribution in [2.45, 2.75) is 26.7 Å². The first-order valence-electron chi connectivity index (χ1n) is 5.20. The molecule has 3 heteroatoms. The van der Waals surface area contributed by atoms with Crippen LogP contribution in [0.15, 0.2) is 28.7 Å². The van der Waals surface area contributed by atoms with Gasteiger partial charge in [-0.2, -0.15) is 0 Å². The number of nitrogens with one attached hydrogen (secondary N) is 1. The molecule has 0 bridgehead atoms. The van der Waals surface area contributed by atoms with Gasteiger partial charge in [0.05, 0.1) is 5.69 Å². The molecule has 2 nitrogen and oxygen atoms in total. The number of carbonyl (C=O) groups is 1. The van der Waals surface area contributed by atoms with E-state index in [1.54, 1.807) is 0 Å². The molecule has 0 saturated carbocycles. The van der Waals surface area contributed by atoms with E-state index in [-0.39, 0.29) is 11.8 Å². The van der Waals surface area contributed by atoms with Crippen LogP contribution in [0.2, 0.25) is 0 Å². The van der Waals surface area contributed by atoms with Crippen molar-refractivity contribution in [2.75, 3.05) is 5.32 Å². The van der Waals surface area contributed by atoms with Crippen LogP contribution in [-0.2, 0) is 4.79 Å². The molecule has 0 heterocycles. The molecule has 1 rings (SSSR count).